The third-order valence-corrected chi connectivity index (χ3v) is 4.04. The smallest absolute Gasteiger partial charge is 0.327 e. The molecule has 8 heteroatoms. The number of fused-ring (bicyclic) bond motifs is 1. The van der Waals surface area contributed by atoms with E-state index in [-0.39, 0.29) is 23.0 Å². The molecule has 2 aromatic heterocycles. The highest BCUT2D eigenvalue weighted by Gasteiger charge is 2.27. The average molecular weight is 317 g/mol. The minimum Gasteiger partial charge on any atom is -0.334 e. The quantitative estimate of drug-likeness (QED) is 0.725. The summed E-state index contributed by atoms with van der Waals surface area (Å²) in [7, 11) is 0. The van der Waals surface area contributed by atoms with Crippen molar-refractivity contribution in [3.05, 3.63) is 38.7 Å². The Morgan fingerprint density at radius 3 is 2.91 bits per heavy atom. The van der Waals surface area contributed by atoms with Gasteiger partial charge in [-0.05, 0) is 25.5 Å². The lowest BCUT2D eigenvalue weighted by Crippen LogP contribution is -2.42. The third-order valence-electron chi connectivity index (χ3n) is 4.04. The molecule has 1 saturated heterocycles. The van der Waals surface area contributed by atoms with Crippen LogP contribution < -0.4 is 16.6 Å². The molecular weight excluding hydrogens is 298 g/mol. The number of carbonyl (C=O) groups excluding carboxylic acids is 1. The maximum atomic E-state index is 12.8. The van der Waals surface area contributed by atoms with Crippen molar-refractivity contribution in [2.24, 2.45) is 0 Å². The monoisotopic (exact) mass is 317 g/mol. The van der Waals surface area contributed by atoms with Crippen LogP contribution in [0.1, 0.15) is 30.1 Å². The maximum absolute atomic E-state index is 12.8. The predicted molar refractivity (Wildman–Crippen MR) is 85.6 cm³/mol. The first-order chi connectivity index (χ1) is 11.1. The number of carbonyl (C=O) groups is 1. The van der Waals surface area contributed by atoms with Gasteiger partial charge in [-0.25, -0.2) is 9.78 Å². The molecule has 23 heavy (non-hydrogen) atoms. The number of nitrogens with one attached hydrogen (secondary N) is 3. The molecular formula is C15H19N5O3. The molecule has 122 valence electrons. The van der Waals surface area contributed by atoms with Gasteiger partial charge in [0, 0.05) is 25.3 Å². The zero-order valence-corrected chi connectivity index (χ0v) is 12.9. The lowest BCUT2D eigenvalue weighted by Gasteiger charge is -2.28. The van der Waals surface area contributed by atoms with Gasteiger partial charge in [-0.1, -0.05) is 6.92 Å². The summed E-state index contributed by atoms with van der Waals surface area (Å²) in [5, 5.41) is 3.46. The number of pyridine rings is 1. The SMILES string of the molecule is CCCN(C(=O)c1cnc2[nH]c(=O)[nH]c(=O)c2c1)C1CCNC1. The van der Waals surface area contributed by atoms with Crippen LogP contribution in [0.5, 0.6) is 0 Å². The van der Waals surface area contributed by atoms with Crippen molar-refractivity contribution < 1.29 is 4.79 Å². The van der Waals surface area contributed by atoms with E-state index in [0.717, 1.165) is 25.9 Å². The molecule has 0 aliphatic carbocycles. The zero-order chi connectivity index (χ0) is 16.4. The Bertz CT molecular complexity index is 835. The molecule has 0 bridgehead atoms. The minimum absolute atomic E-state index is 0.138. The molecule has 0 aromatic carbocycles. The van der Waals surface area contributed by atoms with Gasteiger partial charge in [0.1, 0.15) is 5.65 Å². The fraction of sp³-hybridized carbons (Fsp3) is 0.467. The van der Waals surface area contributed by atoms with Crippen molar-refractivity contribution >= 4 is 16.9 Å². The van der Waals surface area contributed by atoms with Gasteiger partial charge >= 0.3 is 5.69 Å². The van der Waals surface area contributed by atoms with Gasteiger partial charge < -0.3 is 10.2 Å². The van der Waals surface area contributed by atoms with Crippen LogP contribution in [-0.4, -0.2) is 51.4 Å². The summed E-state index contributed by atoms with van der Waals surface area (Å²) in [6.07, 6.45) is 3.18. The van der Waals surface area contributed by atoms with Crippen molar-refractivity contribution in [1.29, 1.82) is 0 Å². The summed E-state index contributed by atoms with van der Waals surface area (Å²) in [5.74, 6) is -0.138. The Morgan fingerprint density at radius 1 is 1.39 bits per heavy atom. The normalized spacial score (nSPS) is 17.5. The first kappa shape index (κ1) is 15.4. The number of rotatable bonds is 4. The number of aromatic amines is 2. The van der Waals surface area contributed by atoms with Crippen LogP contribution >= 0.6 is 0 Å². The van der Waals surface area contributed by atoms with Crippen molar-refractivity contribution in [2.75, 3.05) is 19.6 Å². The van der Waals surface area contributed by atoms with E-state index in [1.165, 1.54) is 12.3 Å². The fourth-order valence-corrected chi connectivity index (χ4v) is 2.93. The number of aromatic nitrogens is 3. The molecule has 0 spiro atoms. The van der Waals surface area contributed by atoms with Crippen molar-refractivity contribution in [1.82, 2.24) is 25.2 Å². The minimum atomic E-state index is -0.612. The number of hydrogen-bond acceptors (Lipinski definition) is 5. The Balaban J connectivity index is 1.98. The van der Waals surface area contributed by atoms with Crippen molar-refractivity contribution in [3.63, 3.8) is 0 Å². The van der Waals surface area contributed by atoms with Gasteiger partial charge in [0.2, 0.25) is 0 Å². The first-order valence-corrected chi connectivity index (χ1v) is 7.74. The maximum Gasteiger partial charge on any atom is 0.327 e. The highest BCUT2D eigenvalue weighted by Crippen LogP contribution is 2.15. The van der Waals surface area contributed by atoms with Crippen LogP contribution in [0, 0.1) is 0 Å². The van der Waals surface area contributed by atoms with Crippen LogP contribution in [0.3, 0.4) is 0 Å². The molecule has 2 aromatic rings. The summed E-state index contributed by atoms with van der Waals surface area (Å²) in [5.41, 5.74) is -0.621. The van der Waals surface area contributed by atoms with E-state index in [9.17, 15) is 14.4 Å². The van der Waals surface area contributed by atoms with Gasteiger partial charge in [0.25, 0.3) is 11.5 Å². The molecule has 0 radical (unpaired) electrons. The van der Waals surface area contributed by atoms with Crippen LogP contribution in [0.2, 0.25) is 0 Å². The van der Waals surface area contributed by atoms with E-state index < -0.39 is 11.2 Å². The lowest BCUT2D eigenvalue weighted by atomic mass is 10.1. The predicted octanol–water partition coefficient (Wildman–Crippen LogP) is -0.174. The molecule has 1 aliphatic rings. The van der Waals surface area contributed by atoms with E-state index in [0.29, 0.717) is 12.1 Å². The molecule has 1 unspecified atom stereocenters. The number of hydrogen-bond donors (Lipinski definition) is 3. The summed E-state index contributed by atoms with van der Waals surface area (Å²) in [4.78, 5) is 46.4. The molecule has 3 N–H and O–H groups in total. The highest BCUT2D eigenvalue weighted by atomic mass is 16.2. The average Bonchev–Trinajstić information content (AvgIpc) is 3.05. The van der Waals surface area contributed by atoms with E-state index in [4.69, 9.17) is 0 Å². The van der Waals surface area contributed by atoms with Gasteiger partial charge in [-0.3, -0.25) is 19.6 Å². The van der Waals surface area contributed by atoms with Gasteiger partial charge in [0.05, 0.1) is 10.9 Å². The van der Waals surface area contributed by atoms with Crippen molar-refractivity contribution in [3.8, 4) is 0 Å². The van der Waals surface area contributed by atoms with E-state index in [2.05, 4.69) is 20.3 Å². The number of nitrogens with zero attached hydrogens (tertiary/aromatic N) is 2. The van der Waals surface area contributed by atoms with E-state index >= 15 is 0 Å². The Hall–Kier alpha value is -2.48. The van der Waals surface area contributed by atoms with E-state index in [1.54, 1.807) is 0 Å². The highest BCUT2D eigenvalue weighted by molar-refractivity contribution is 5.96. The Kier molecular flexibility index (Phi) is 4.24. The molecule has 8 nitrogen and oxygen atoms in total. The molecule has 0 saturated carbocycles. The lowest BCUT2D eigenvalue weighted by molar-refractivity contribution is 0.0692. The molecule has 1 fully saturated rings. The number of amides is 1. The van der Waals surface area contributed by atoms with Gasteiger partial charge in [-0.15, -0.1) is 0 Å². The van der Waals surface area contributed by atoms with Gasteiger partial charge in [0.15, 0.2) is 0 Å². The standard InChI is InChI=1S/C15H19N5O3/c1-2-5-20(10-3-4-16-8-10)14(22)9-6-11-12(17-7-9)18-15(23)19-13(11)21/h6-7,10,16H,2-5,8H2,1H3,(H2,17,18,19,21,23). The summed E-state index contributed by atoms with van der Waals surface area (Å²) in [6.45, 7) is 4.36. The fourth-order valence-electron chi connectivity index (χ4n) is 2.93. The molecule has 3 heterocycles. The number of H-pyrrole nitrogens is 2. The zero-order valence-electron chi connectivity index (χ0n) is 12.9. The molecule has 3 rings (SSSR count). The van der Waals surface area contributed by atoms with Crippen LogP contribution in [-0.2, 0) is 0 Å². The second-order valence-corrected chi connectivity index (χ2v) is 5.67. The van der Waals surface area contributed by atoms with Crippen LogP contribution in [0.25, 0.3) is 11.0 Å². The van der Waals surface area contributed by atoms with Crippen LogP contribution in [0.15, 0.2) is 21.9 Å². The summed E-state index contributed by atoms with van der Waals surface area (Å²) < 4.78 is 0. The van der Waals surface area contributed by atoms with E-state index in [1.807, 2.05) is 11.8 Å². The second-order valence-electron chi connectivity index (χ2n) is 5.67. The second kappa shape index (κ2) is 6.33. The Morgan fingerprint density at radius 2 is 2.22 bits per heavy atom. The van der Waals surface area contributed by atoms with Crippen molar-refractivity contribution in [2.45, 2.75) is 25.8 Å². The van der Waals surface area contributed by atoms with Gasteiger partial charge in [-0.2, -0.15) is 0 Å². The topological polar surface area (TPSA) is 111 Å². The molecule has 1 aliphatic heterocycles. The first-order valence-electron chi connectivity index (χ1n) is 7.74. The summed E-state index contributed by atoms with van der Waals surface area (Å²) in [6, 6.07) is 1.65. The van der Waals surface area contributed by atoms with Crippen LogP contribution in [0.4, 0.5) is 0 Å². The third kappa shape index (κ3) is 3.02. The summed E-state index contributed by atoms with van der Waals surface area (Å²) >= 11 is 0. The molecule has 1 amide bonds. The molecule has 1 atom stereocenters. The largest absolute Gasteiger partial charge is 0.334 e. The Labute approximate surface area is 131 Å².